The van der Waals surface area contributed by atoms with Crippen LogP contribution in [0.2, 0.25) is 0 Å². The van der Waals surface area contributed by atoms with E-state index in [1.54, 1.807) is 24.9 Å². The van der Waals surface area contributed by atoms with Gasteiger partial charge in [-0.1, -0.05) is 0 Å². The van der Waals surface area contributed by atoms with E-state index < -0.39 is 11.0 Å². The highest BCUT2D eigenvalue weighted by Gasteiger charge is 2.17. The summed E-state index contributed by atoms with van der Waals surface area (Å²) in [4.78, 5) is 24.1. The van der Waals surface area contributed by atoms with E-state index in [1.807, 2.05) is 13.8 Å². The molecule has 21 heavy (non-hydrogen) atoms. The first-order valence-electron chi connectivity index (χ1n) is 6.93. The van der Waals surface area contributed by atoms with Crippen LogP contribution in [0.5, 0.6) is 0 Å². The van der Waals surface area contributed by atoms with E-state index in [-0.39, 0.29) is 11.6 Å². The fourth-order valence-corrected chi connectivity index (χ4v) is 1.90. The number of rotatable bonds is 7. The quantitative estimate of drug-likeness (QED) is 0.595. The van der Waals surface area contributed by atoms with E-state index in [0.29, 0.717) is 24.5 Å². The van der Waals surface area contributed by atoms with Crippen molar-refractivity contribution in [3.63, 3.8) is 0 Å². The Morgan fingerprint density at radius 1 is 1.33 bits per heavy atom. The molecule has 0 aliphatic heterocycles. The monoisotopic (exact) mass is 294 g/mol. The maximum absolute atomic E-state index is 12.0. The summed E-state index contributed by atoms with van der Waals surface area (Å²) >= 11 is 0. The molecule has 1 amide bonds. The number of amides is 1. The normalized spacial score (nSPS) is 11.6. The Kier molecular flexibility index (Phi) is 5.95. The lowest BCUT2D eigenvalue weighted by Crippen LogP contribution is -2.38. The molecule has 0 spiro atoms. The van der Waals surface area contributed by atoms with Crippen molar-refractivity contribution in [3.8, 4) is 0 Å². The average Bonchev–Trinajstić information content (AvgIpc) is 2.45. The molecule has 0 saturated carbocycles. The lowest BCUT2D eigenvalue weighted by atomic mass is 10.2. The van der Waals surface area contributed by atoms with Crippen molar-refractivity contribution in [1.29, 1.82) is 0 Å². The minimum absolute atomic E-state index is 0.0144. The van der Waals surface area contributed by atoms with Crippen molar-refractivity contribution in [3.05, 3.63) is 28.3 Å². The van der Waals surface area contributed by atoms with E-state index in [1.165, 1.54) is 12.1 Å². The summed E-state index contributed by atoms with van der Waals surface area (Å²) < 4.78 is 0. The highest BCUT2D eigenvalue weighted by atomic mass is 16.6. The zero-order valence-corrected chi connectivity index (χ0v) is 12.8. The minimum atomic E-state index is -0.452. The molecule has 0 bridgehead atoms. The van der Waals surface area contributed by atoms with Crippen molar-refractivity contribution in [2.45, 2.75) is 26.8 Å². The SMILES string of the molecule is CCNc1cc(NC(C)C(=O)N(C)CC)cc([N+](=O)[O-])c1. The minimum Gasteiger partial charge on any atom is -0.385 e. The first kappa shape index (κ1) is 16.7. The van der Waals surface area contributed by atoms with Crippen LogP contribution in [-0.2, 0) is 4.79 Å². The van der Waals surface area contributed by atoms with Crippen molar-refractivity contribution >= 4 is 23.0 Å². The van der Waals surface area contributed by atoms with Crippen LogP contribution in [0.1, 0.15) is 20.8 Å². The van der Waals surface area contributed by atoms with Crippen molar-refractivity contribution in [1.82, 2.24) is 4.90 Å². The summed E-state index contributed by atoms with van der Waals surface area (Å²) in [5.74, 6) is -0.0611. The molecule has 116 valence electrons. The van der Waals surface area contributed by atoms with Gasteiger partial charge in [0.2, 0.25) is 5.91 Å². The number of carbonyl (C=O) groups is 1. The standard InChI is InChI=1S/C14H22N4O3/c1-5-15-11-7-12(9-13(8-11)18(20)21)16-10(3)14(19)17(4)6-2/h7-10,15-16H,5-6H2,1-4H3. The van der Waals surface area contributed by atoms with Gasteiger partial charge in [0, 0.05) is 43.6 Å². The van der Waals surface area contributed by atoms with Gasteiger partial charge < -0.3 is 15.5 Å². The third-order valence-corrected chi connectivity index (χ3v) is 3.11. The first-order chi connectivity index (χ1) is 9.88. The molecule has 0 heterocycles. The highest BCUT2D eigenvalue weighted by molar-refractivity contribution is 5.84. The van der Waals surface area contributed by atoms with Crippen LogP contribution in [0, 0.1) is 10.1 Å². The van der Waals surface area contributed by atoms with Gasteiger partial charge in [0.05, 0.1) is 4.92 Å². The van der Waals surface area contributed by atoms with Gasteiger partial charge in [0.1, 0.15) is 6.04 Å². The molecule has 0 aliphatic rings. The molecule has 0 saturated heterocycles. The van der Waals surface area contributed by atoms with Gasteiger partial charge in [-0.05, 0) is 26.8 Å². The fourth-order valence-electron chi connectivity index (χ4n) is 1.90. The van der Waals surface area contributed by atoms with E-state index in [4.69, 9.17) is 0 Å². The zero-order chi connectivity index (χ0) is 16.0. The number of nitrogens with one attached hydrogen (secondary N) is 2. The largest absolute Gasteiger partial charge is 0.385 e. The first-order valence-corrected chi connectivity index (χ1v) is 6.93. The second-order valence-electron chi connectivity index (χ2n) is 4.77. The van der Waals surface area contributed by atoms with Crippen LogP contribution in [-0.4, -0.2) is 41.9 Å². The van der Waals surface area contributed by atoms with Gasteiger partial charge in [0.15, 0.2) is 0 Å². The summed E-state index contributed by atoms with van der Waals surface area (Å²) in [5.41, 5.74) is 1.18. The number of non-ortho nitro benzene ring substituents is 1. The zero-order valence-electron chi connectivity index (χ0n) is 12.8. The molecule has 0 aliphatic carbocycles. The van der Waals surface area contributed by atoms with Crippen molar-refractivity contribution in [2.75, 3.05) is 30.8 Å². The summed E-state index contributed by atoms with van der Waals surface area (Å²) in [6.45, 7) is 6.81. The second kappa shape index (κ2) is 7.47. The summed E-state index contributed by atoms with van der Waals surface area (Å²) in [7, 11) is 1.72. The highest BCUT2D eigenvalue weighted by Crippen LogP contribution is 2.25. The lowest BCUT2D eigenvalue weighted by Gasteiger charge is -2.21. The Balaban J connectivity index is 2.96. The predicted octanol–water partition coefficient (Wildman–Crippen LogP) is 2.31. The average molecular weight is 294 g/mol. The number of nitrogens with zero attached hydrogens (tertiary/aromatic N) is 2. The van der Waals surface area contributed by atoms with Crippen molar-refractivity contribution in [2.24, 2.45) is 0 Å². The van der Waals surface area contributed by atoms with Gasteiger partial charge in [-0.25, -0.2) is 0 Å². The van der Waals surface area contributed by atoms with E-state index in [9.17, 15) is 14.9 Å². The number of nitro benzene ring substituents is 1. The lowest BCUT2D eigenvalue weighted by molar-refractivity contribution is -0.384. The predicted molar refractivity (Wildman–Crippen MR) is 83.7 cm³/mol. The number of likely N-dealkylation sites (N-methyl/N-ethyl adjacent to an activating group) is 1. The van der Waals surface area contributed by atoms with Crippen LogP contribution in [0.15, 0.2) is 18.2 Å². The Bertz CT molecular complexity index is 519. The van der Waals surface area contributed by atoms with Gasteiger partial charge in [-0.2, -0.15) is 0 Å². The third kappa shape index (κ3) is 4.62. The molecule has 0 radical (unpaired) electrons. The molecule has 1 rings (SSSR count). The summed E-state index contributed by atoms with van der Waals surface area (Å²) in [6, 6.07) is 4.20. The molecule has 0 fully saturated rings. The number of nitro groups is 1. The number of hydrogen-bond acceptors (Lipinski definition) is 5. The van der Waals surface area contributed by atoms with Gasteiger partial charge in [-0.15, -0.1) is 0 Å². The molecule has 1 atom stereocenters. The van der Waals surface area contributed by atoms with Gasteiger partial charge in [-0.3, -0.25) is 14.9 Å². The van der Waals surface area contributed by atoms with Crippen LogP contribution in [0.25, 0.3) is 0 Å². The Morgan fingerprint density at radius 2 is 1.95 bits per heavy atom. The molecular weight excluding hydrogens is 272 g/mol. The smallest absolute Gasteiger partial charge is 0.273 e. The molecule has 0 aromatic heterocycles. The third-order valence-electron chi connectivity index (χ3n) is 3.11. The summed E-state index contributed by atoms with van der Waals surface area (Å²) in [5, 5.41) is 17.0. The molecule has 1 aromatic carbocycles. The van der Waals surface area contributed by atoms with Crippen LogP contribution in [0.3, 0.4) is 0 Å². The van der Waals surface area contributed by atoms with Crippen LogP contribution < -0.4 is 10.6 Å². The molecule has 1 unspecified atom stereocenters. The Labute approximate surface area is 124 Å². The Morgan fingerprint density at radius 3 is 2.48 bits per heavy atom. The fraction of sp³-hybridized carbons (Fsp3) is 0.500. The maximum Gasteiger partial charge on any atom is 0.273 e. The van der Waals surface area contributed by atoms with Crippen molar-refractivity contribution < 1.29 is 9.72 Å². The van der Waals surface area contributed by atoms with Crippen LogP contribution in [0.4, 0.5) is 17.1 Å². The molecule has 1 aromatic rings. The summed E-state index contributed by atoms with van der Waals surface area (Å²) in [6.07, 6.45) is 0. The second-order valence-corrected chi connectivity index (χ2v) is 4.77. The maximum atomic E-state index is 12.0. The number of benzene rings is 1. The molecule has 2 N–H and O–H groups in total. The topological polar surface area (TPSA) is 87.5 Å². The van der Waals surface area contributed by atoms with Gasteiger partial charge in [0.25, 0.3) is 5.69 Å². The van der Waals surface area contributed by atoms with E-state index in [0.717, 1.165) is 0 Å². The van der Waals surface area contributed by atoms with E-state index in [2.05, 4.69) is 10.6 Å². The molecule has 7 heteroatoms. The molecular formula is C14H22N4O3. The number of anilines is 2. The Hall–Kier alpha value is -2.31. The number of carbonyl (C=O) groups excluding carboxylic acids is 1. The van der Waals surface area contributed by atoms with Gasteiger partial charge >= 0.3 is 0 Å². The number of hydrogen-bond donors (Lipinski definition) is 2. The molecule has 7 nitrogen and oxygen atoms in total. The van der Waals surface area contributed by atoms with Crippen LogP contribution >= 0.6 is 0 Å². The van der Waals surface area contributed by atoms with E-state index >= 15 is 0 Å².